The SMILES string of the molecule is O=C(O)c1ccc(NC(=O)C2c3ccc(OCc4ccccc4)cc3CCN2C(=O)C=Cc2cc(Cl)ccc2-n2cnnn2)cc1. The van der Waals surface area contributed by atoms with E-state index >= 15 is 0 Å². The summed E-state index contributed by atoms with van der Waals surface area (Å²) in [6.07, 6.45) is 4.94. The van der Waals surface area contributed by atoms with Crippen molar-refractivity contribution in [2.45, 2.75) is 19.1 Å². The van der Waals surface area contributed by atoms with E-state index in [1.165, 1.54) is 46.3 Å². The highest BCUT2D eigenvalue weighted by atomic mass is 35.5. The zero-order chi connectivity index (χ0) is 32.0. The van der Waals surface area contributed by atoms with Crippen molar-refractivity contribution >= 4 is 41.1 Å². The third-order valence-electron chi connectivity index (χ3n) is 7.51. The smallest absolute Gasteiger partial charge is 0.335 e. The lowest BCUT2D eigenvalue weighted by Gasteiger charge is -2.36. The maximum Gasteiger partial charge on any atom is 0.335 e. The lowest BCUT2D eigenvalue weighted by molar-refractivity contribution is -0.135. The molecule has 11 nitrogen and oxygen atoms in total. The summed E-state index contributed by atoms with van der Waals surface area (Å²) >= 11 is 6.25. The number of hydrogen-bond donors (Lipinski definition) is 2. The number of carboxylic acid groups (broad SMARTS) is 1. The van der Waals surface area contributed by atoms with E-state index < -0.39 is 17.9 Å². The Morgan fingerprint density at radius 3 is 2.54 bits per heavy atom. The number of amides is 2. The summed E-state index contributed by atoms with van der Waals surface area (Å²) < 4.78 is 7.49. The number of carbonyl (C=O) groups excluding carboxylic acids is 2. The van der Waals surface area contributed by atoms with Crippen LogP contribution in [0.4, 0.5) is 5.69 Å². The van der Waals surface area contributed by atoms with Gasteiger partial charge in [-0.3, -0.25) is 9.59 Å². The van der Waals surface area contributed by atoms with Gasteiger partial charge in [0.05, 0.1) is 11.3 Å². The Hall–Kier alpha value is -5.81. The Labute approximate surface area is 268 Å². The summed E-state index contributed by atoms with van der Waals surface area (Å²) in [5.41, 5.74) is 4.28. The summed E-state index contributed by atoms with van der Waals surface area (Å²) in [6.45, 7) is 0.658. The Kier molecular flexibility index (Phi) is 8.84. The number of carbonyl (C=O) groups is 3. The van der Waals surface area contributed by atoms with E-state index in [-0.39, 0.29) is 18.0 Å². The molecule has 1 aliphatic heterocycles. The van der Waals surface area contributed by atoms with Crippen LogP contribution in [0, 0.1) is 0 Å². The molecule has 1 aliphatic rings. The molecule has 0 aliphatic carbocycles. The maximum atomic E-state index is 13.9. The van der Waals surface area contributed by atoms with Crippen molar-refractivity contribution in [2.24, 2.45) is 0 Å². The van der Waals surface area contributed by atoms with Crippen LogP contribution in [0.5, 0.6) is 5.75 Å². The average molecular weight is 635 g/mol. The standard InChI is InChI=1S/C34H27ClN6O5/c35-26-9-14-30(41-21-36-38-39-41)25(18-26)8-15-31(42)40-17-16-24-19-28(46-20-22-4-2-1-3-5-22)12-13-29(24)32(40)33(43)37-27-10-6-23(7-11-27)34(44)45/h1-15,18-19,21,32H,16-17,20H2,(H,37,43)(H,44,45). The third kappa shape index (κ3) is 6.79. The van der Waals surface area contributed by atoms with Crippen LogP contribution in [0.25, 0.3) is 11.8 Å². The van der Waals surface area contributed by atoms with Crippen LogP contribution in [0.3, 0.4) is 0 Å². The molecule has 1 aromatic heterocycles. The first-order valence-electron chi connectivity index (χ1n) is 14.3. The van der Waals surface area contributed by atoms with Crippen molar-refractivity contribution in [1.82, 2.24) is 25.1 Å². The average Bonchev–Trinajstić information content (AvgIpc) is 3.61. The van der Waals surface area contributed by atoms with Gasteiger partial charge in [-0.2, -0.15) is 4.68 Å². The maximum absolute atomic E-state index is 13.9. The molecule has 0 radical (unpaired) electrons. The molecule has 2 N–H and O–H groups in total. The summed E-state index contributed by atoms with van der Waals surface area (Å²) in [5.74, 6) is -1.25. The molecule has 4 aromatic carbocycles. The predicted octanol–water partition coefficient (Wildman–Crippen LogP) is 5.37. The molecular formula is C34H27ClN6O5. The second-order valence-electron chi connectivity index (χ2n) is 10.5. The van der Waals surface area contributed by atoms with Gasteiger partial charge < -0.3 is 20.1 Å². The first-order valence-corrected chi connectivity index (χ1v) is 14.7. The van der Waals surface area contributed by atoms with E-state index in [0.717, 1.165) is 11.1 Å². The third-order valence-corrected chi connectivity index (χ3v) is 7.75. The van der Waals surface area contributed by atoms with Gasteiger partial charge in [-0.05, 0) is 94.2 Å². The molecule has 1 unspecified atom stereocenters. The van der Waals surface area contributed by atoms with Gasteiger partial charge in [-0.25, -0.2) is 4.79 Å². The number of aromatic carboxylic acids is 1. The van der Waals surface area contributed by atoms with Crippen LogP contribution in [-0.4, -0.2) is 54.5 Å². The van der Waals surface area contributed by atoms with Crippen LogP contribution in [0.1, 0.15) is 38.7 Å². The number of rotatable bonds is 9. The van der Waals surface area contributed by atoms with Gasteiger partial charge >= 0.3 is 5.97 Å². The molecule has 0 spiro atoms. The lowest BCUT2D eigenvalue weighted by Crippen LogP contribution is -2.44. The van der Waals surface area contributed by atoms with Gasteiger partial charge in [0.1, 0.15) is 24.7 Å². The van der Waals surface area contributed by atoms with E-state index in [1.807, 2.05) is 42.5 Å². The van der Waals surface area contributed by atoms with Crippen LogP contribution < -0.4 is 10.1 Å². The molecule has 230 valence electrons. The van der Waals surface area contributed by atoms with E-state index in [9.17, 15) is 19.5 Å². The molecule has 2 amide bonds. The van der Waals surface area contributed by atoms with E-state index in [2.05, 4.69) is 20.8 Å². The van der Waals surface area contributed by atoms with Crippen molar-refractivity contribution in [1.29, 1.82) is 0 Å². The minimum atomic E-state index is -1.07. The number of anilines is 1. The van der Waals surface area contributed by atoms with Crippen LogP contribution in [0.2, 0.25) is 5.02 Å². The molecule has 0 saturated carbocycles. The Morgan fingerprint density at radius 1 is 1.00 bits per heavy atom. The Morgan fingerprint density at radius 2 is 1.80 bits per heavy atom. The van der Waals surface area contributed by atoms with E-state index in [1.54, 1.807) is 30.3 Å². The summed E-state index contributed by atoms with van der Waals surface area (Å²) in [4.78, 5) is 40.4. The Balaban J connectivity index is 1.29. The van der Waals surface area contributed by atoms with E-state index in [4.69, 9.17) is 16.3 Å². The number of halogens is 1. The second kappa shape index (κ2) is 13.4. The van der Waals surface area contributed by atoms with Crippen molar-refractivity contribution in [3.8, 4) is 11.4 Å². The molecule has 1 atom stereocenters. The molecule has 6 rings (SSSR count). The number of tetrazole rings is 1. The number of hydrogen-bond acceptors (Lipinski definition) is 7. The van der Waals surface area contributed by atoms with Gasteiger partial charge in [0, 0.05) is 28.9 Å². The molecule has 2 heterocycles. The normalized spacial score (nSPS) is 14.1. The van der Waals surface area contributed by atoms with Gasteiger partial charge in [0.25, 0.3) is 5.91 Å². The molecule has 0 bridgehead atoms. The van der Waals surface area contributed by atoms with Crippen molar-refractivity contribution in [3.05, 3.63) is 136 Å². The number of ether oxygens (including phenoxy) is 1. The van der Waals surface area contributed by atoms with Crippen LogP contribution in [0.15, 0.2) is 103 Å². The molecule has 0 fully saturated rings. The van der Waals surface area contributed by atoms with Crippen molar-refractivity contribution in [3.63, 3.8) is 0 Å². The minimum Gasteiger partial charge on any atom is -0.489 e. The number of benzene rings is 4. The molecular weight excluding hydrogens is 608 g/mol. The quantitative estimate of drug-likeness (QED) is 0.206. The topological polar surface area (TPSA) is 140 Å². The first-order chi connectivity index (χ1) is 22.4. The monoisotopic (exact) mass is 634 g/mol. The van der Waals surface area contributed by atoms with E-state index in [0.29, 0.717) is 46.3 Å². The van der Waals surface area contributed by atoms with Gasteiger partial charge in [-0.15, -0.1) is 5.10 Å². The summed E-state index contributed by atoms with van der Waals surface area (Å²) in [7, 11) is 0. The Bertz CT molecular complexity index is 1910. The fourth-order valence-corrected chi connectivity index (χ4v) is 5.44. The highest BCUT2D eigenvalue weighted by Gasteiger charge is 2.35. The molecule has 46 heavy (non-hydrogen) atoms. The summed E-state index contributed by atoms with van der Waals surface area (Å²) in [6, 6.07) is 25.3. The highest BCUT2D eigenvalue weighted by Crippen LogP contribution is 2.34. The van der Waals surface area contributed by atoms with Gasteiger partial charge in [0.2, 0.25) is 5.91 Å². The molecule has 5 aromatic rings. The minimum absolute atomic E-state index is 0.0908. The second-order valence-corrected chi connectivity index (χ2v) is 10.9. The zero-order valence-electron chi connectivity index (χ0n) is 24.3. The van der Waals surface area contributed by atoms with Gasteiger partial charge in [-0.1, -0.05) is 48.0 Å². The van der Waals surface area contributed by atoms with Crippen LogP contribution >= 0.6 is 11.6 Å². The molecule has 12 heteroatoms. The van der Waals surface area contributed by atoms with Crippen LogP contribution in [-0.2, 0) is 22.6 Å². The number of aromatic nitrogens is 4. The predicted molar refractivity (Wildman–Crippen MR) is 171 cm³/mol. The first kappa shape index (κ1) is 30.2. The highest BCUT2D eigenvalue weighted by molar-refractivity contribution is 6.30. The number of carboxylic acids is 1. The van der Waals surface area contributed by atoms with Crippen molar-refractivity contribution < 1.29 is 24.2 Å². The zero-order valence-corrected chi connectivity index (χ0v) is 25.0. The lowest BCUT2D eigenvalue weighted by atomic mass is 9.91. The number of nitrogens with zero attached hydrogens (tertiary/aromatic N) is 5. The fraction of sp³-hybridized carbons (Fsp3) is 0.118. The molecule has 0 saturated heterocycles. The largest absolute Gasteiger partial charge is 0.489 e. The summed E-state index contributed by atoms with van der Waals surface area (Å²) in [5, 5.41) is 23.9. The van der Waals surface area contributed by atoms with Crippen molar-refractivity contribution in [2.75, 3.05) is 11.9 Å². The fourth-order valence-electron chi connectivity index (χ4n) is 5.26. The number of fused-ring (bicyclic) bond motifs is 1. The van der Waals surface area contributed by atoms with Gasteiger partial charge in [0.15, 0.2) is 0 Å². The number of nitrogens with one attached hydrogen (secondary N) is 1.